The van der Waals surface area contributed by atoms with Crippen molar-refractivity contribution >= 4 is 46.9 Å². The van der Waals surface area contributed by atoms with Crippen LogP contribution < -0.4 is 30.2 Å². The average molecular weight is 628 g/mol. The fraction of sp³-hybridized carbons (Fsp3) is 0.147. The van der Waals surface area contributed by atoms with Crippen molar-refractivity contribution in [2.75, 3.05) is 32.0 Å². The van der Waals surface area contributed by atoms with Gasteiger partial charge in [-0.25, -0.2) is 0 Å². The van der Waals surface area contributed by atoms with Gasteiger partial charge in [0.15, 0.2) is 0 Å². The zero-order chi connectivity index (χ0) is 32.3. The van der Waals surface area contributed by atoms with Gasteiger partial charge in [-0.2, -0.15) is 0 Å². The molecule has 0 aliphatic heterocycles. The lowest BCUT2D eigenvalue weighted by Crippen LogP contribution is -2.30. The Bertz CT molecular complexity index is 1690. The minimum Gasteiger partial charge on any atom is -0.508 e. The van der Waals surface area contributed by atoms with Gasteiger partial charge < -0.3 is 35.3 Å². The molecule has 0 aromatic heterocycles. The van der Waals surface area contributed by atoms with E-state index in [2.05, 4.69) is 16.0 Å². The Kier molecular flexibility index (Phi) is 11.1. The first-order valence-corrected chi connectivity index (χ1v) is 14.6. The highest BCUT2D eigenvalue weighted by Crippen LogP contribution is 2.30. The van der Waals surface area contributed by atoms with Crippen molar-refractivity contribution in [2.45, 2.75) is 17.1 Å². The number of carbonyl (C=O) groups excluding carboxylic acids is 3. The molecule has 4 aromatic carbocycles. The molecule has 232 valence electrons. The Hall–Kier alpha value is -5.42. The van der Waals surface area contributed by atoms with E-state index in [1.807, 2.05) is 6.07 Å². The Labute approximate surface area is 265 Å². The number of ether oxygens (including phenoxy) is 3. The molecule has 1 unspecified atom stereocenters. The zero-order valence-electron chi connectivity index (χ0n) is 25.1. The normalized spacial score (nSPS) is 11.6. The summed E-state index contributed by atoms with van der Waals surface area (Å²) in [5, 5.41) is 17.7. The second-order valence-electron chi connectivity index (χ2n) is 9.64. The molecular weight excluding hydrogens is 594 g/mol. The quantitative estimate of drug-likeness (QED) is 0.112. The van der Waals surface area contributed by atoms with E-state index in [1.54, 1.807) is 79.7 Å². The van der Waals surface area contributed by atoms with Crippen molar-refractivity contribution in [3.05, 3.63) is 108 Å². The van der Waals surface area contributed by atoms with Gasteiger partial charge in [-0.05, 0) is 55.5 Å². The van der Waals surface area contributed by atoms with Gasteiger partial charge in [-0.15, -0.1) is 11.8 Å². The summed E-state index contributed by atoms with van der Waals surface area (Å²) >= 11 is 1.31. The third-order valence-corrected chi connectivity index (χ3v) is 7.53. The van der Waals surface area contributed by atoms with Crippen LogP contribution >= 0.6 is 11.8 Å². The van der Waals surface area contributed by atoms with E-state index in [0.29, 0.717) is 39.8 Å². The molecular formula is C34H33N3O7S. The van der Waals surface area contributed by atoms with Crippen LogP contribution in [0.1, 0.15) is 22.8 Å². The summed E-state index contributed by atoms with van der Waals surface area (Å²) in [5.41, 5.74) is 1.77. The number of aromatic hydroxyl groups is 1. The number of rotatable bonds is 12. The van der Waals surface area contributed by atoms with Crippen molar-refractivity contribution < 1.29 is 33.7 Å². The van der Waals surface area contributed by atoms with E-state index in [1.165, 1.54) is 51.3 Å². The molecule has 3 amide bonds. The topological polar surface area (TPSA) is 135 Å². The third-order valence-electron chi connectivity index (χ3n) is 6.44. The van der Waals surface area contributed by atoms with E-state index >= 15 is 0 Å². The molecule has 0 radical (unpaired) electrons. The van der Waals surface area contributed by atoms with Gasteiger partial charge in [0.05, 0.1) is 26.6 Å². The van der Waals surface area contributed by atoms with Crippen LogP contribution in [0.2, 0.25) is 0 Å². The van der Waals surface area contributed by atoms with Crippen LogP contribution in [0.25, 0.3) is 6.08 Å². The molecule has 0 heterocycles. The number of nitrogens with one attached hydrogen (secondary N) is 3. The van der Waals surface area contributed by atoms with Crippen LogP contribution in [-0.2, 0) is 9.59 Å². The first-order chi connectivity index (χ1) is 21.7. The Morgan fingerprint density at radius 2 is 1.49 bits per heavy atom. The number of anilines is 2. The maximum absolute atomic E-state index is 13.5. The van der Waals surface area contributed by atoms with Crippen LogP contribution in [0.3, 0.4) is 0 Å². The minimum absolute atomic E-state index is 0.0104. The summed E-state index contributed by atoms with van der Waals surface area (Å²) in [7, 11) is 4.50. The molecule has 10 nitrogen and oxygen atoms in total. The molecule has 0 saturated heterocycles. The first kappa shape index (κ1) is 32.5. The second kappa shape index (κ2) is 15.3. The van der Waals surface area contributed by atoms with Gasteiger partial charge in [-0.3, -0.25) is 14.4 Å². The summed E-state index contributed by atoms with van der Waals surface area (Å²) in [6, 6.07) is 25.0. The van der Waals surface area contributed by atoms with Gasteiger partial charge >= 0.3 is 0 Å². The summed E-state index contributed by atoms with van der Waals surface area (Å²) in [5.74, 6) is 0.0932. The fourth-order valence-electron chi connectivity index (χ4n) is 4.14. The van der Waals surface area contributed by atoms with E-state index in [4.69, 9.17) is 14.2 Å². The van der Waals surface area contributed by atoms with Crippen LogP contribution in [0.5, 0.6) is 23.0 Å². The number of phenolic OH excluding ortho intramolecular Hbond substituents is 1. The highest BCUT2D eigenvalue weighted by atomic mass is 32.2. The predicted molar refractivity (Wildman–Crippen MR) is 175 cm³/mol. The van der Waals surface area contributed by atoms with Crippen LogP contribution in [-0.4, -0.2) is 49.4 Å². The predicted octanol–water partition coefficient (Wildman–Crippen LogP) is 5.95. The molecule has 1 atom stereocenters. The number of hydrogen-bond acceptors (Lipinski definition) is 8. The molecule has 0 bridgehead atoms. The SMILES string of the molecule is COc1cc(NC(=O)C(C)Sc2cccc(NC(=O)/C(=C\c3ccc(O)cc3OC)NC(=O)c3ccccc3)c2)cc(OC)c1. The molecule has 4 N–H and O–H groups in total. The molecule has 0 saturated carbocycles. The number of benzene rings is 4. The van der Waals surface area contributed by atoms with Gasteiger partial charge in [0.1, 0.15) is 28.7 Å². The monoisotopic (exact) mass is 627 g/mol. The summed E-state index contributed by atoms with van der Waals surface area (Å²) in [6.45, 7) is 1.77. The molecule has 11 heteroatoms. The largest absolute Gasteiger partial charge is 0.508 e. The van der Waals surface area contributed by atoms with Crippen molar-refractivity contribution in [3.63, 3.8) is 0 Å². The Morgan fingerprint density at radius 3 is 2.16 bits per heavy atom. The second-order valence-corrected chi connectivity index (χ2v) is 11.1. The lowest BCUT2D eigenvalue weighted by molar-refractivity contribution is -0.115. The average Bonchev–Trinajstić information content (AvgIpc) is 3.05. The number of thioether (sulfide) groups is 1. The summed E-state index contributed by atoms with van der Waals surface area (Å²) in [6.07, 6.45) is 1.47. The molecule has 0 aliphatic rings. The minimum atomic E-state index is -0.589. The van der Waals surface area contributed by atoms with Gasteiger partial charge in [0.25, 0.3) is 11.8 Å². The molecule has 45 heavy (non-hydrogen) atoms. The van der Waals surface area contributed by atoms with Crippen molar-refractivity contribution in [1.82, 2.24) is 5.32 Å². The Morgan fingerprint density at radius 1 is 0.778 bits per heavy atom. The van der Waals surface area contributed by atoms with Crippen LogP contribution in [0, 0.1) is 0 Å². The molecule has 4 rings (SSSR count). The molecule has 4 aromatic rings. The van der Waals surface area contributed by atoms with Crippen molar-refractivity contribution in [3.8, 4) is 23.0 Å². The summed E-state index contributed by atoms with van der Waals surface area (Å²) < 4.78 is 15.9. The van der Waals surface area contributed by atoms with E-state index in [0.717, 1.165) is 4.90 Å². The highest BCUT2D eigenvalue weighted by Gasteiger charge is 2.19. The maximum Gasteiger partial charge on any atom is 0.272 e. The van der Waals surface area contributed by atoms with Crippen molar-refractivity contribution in [1.29, 1.82) is 0 Å². The van der Waals surface area contributed by atoms with E-state index in [9.17, 15) is 19.5 Å². The summed E-state index contributed by atoms with van der Waals surface area (Å²) in [4.78, 5) is 40.2. The third kappa shape index (κ3) is 9.04. The van der Waals surface area contributed by atoms with Crippen LogP contribution in [0.15, 0.2) is 102 Å². The molecule has 0 fully saturated rings. The smallest absolute Gasteiger partial charge is 0.272 e. The van der Waals surface area contributed by atoms with Crippen LogP contribution in [0.4, 0.5) is 11.4 Å². The highest BCUT2D eigenvalue weighted by molar-refractivity contribution is 8.00. The number of amides is 3. The number of hydrogen-bond donors (Lipinski definition) is 4. The van der Waals surface area contributed by atoms with Gasteiger partial charge in [0, 0.05) is 51.7 Å². The lowest BCUT2D eigenvalue weighted by atomic mass is 10.1. The Balaban J connectivity index is 1.51. The first-order valence-electron chi connectivity index (χ1n) is 13.8. The van der Waals surface area contributed by atoms with E-state index in [-0.39, 0.29) is 17.4 Å². The number of carbonyl (C=O) groups is 3. The number of methoxy groups -OCH3 is 3. The number of phenols is 1. The lowest BCUT2D eigenvalue weighted by Gasteiger charge is -2.15. The van der Waals surface area contributed by atoms with Gasteiger partial charge in [0.2, 0.25) is 5.91 Å². The van der Waals surface area contributed by atoms with Gasteiger partial charge in [-0.1, -0.05) is 24.3 Å². The fourth-order valence-corrected chi connectivity index (χ4v) is 5.07. The van der Waals surface area contributed by atoms with E-state index < -0.39 is 17.1 Å². The maximum atomic E-state index is 13.5. The standard InChI is InChI=1S/C34H33N3O7S/c1-21(32(39)36-25-16-27(42-2)20-28(17-25)43-3)45-29-12-8-11-24(18-29)35-34(41)30(37-33(40)22-9-6-5-7-10-22)15-23-13-14-26(38)19-31(23)44-4/h5-21,38H,1-4H3,(H,35,41)(H,36,39)(H,37,40)/b30-15+. The molecule has 0 spiro atoms. The van der Waals surface area contributed by atoms with Crippen molar-refractivity contribution in [2.24, 2.45) is 0 Å². The molecule has 0 aliphatic carbocycles. The zero-order valence-corrected chi connectivity index (χ0v) is 25.9.